The maximum atomic E-state index is 12.4. The number of hydrogen-bond acceptors (Lipinski definition) is 8. The van der Waals surface area contributed by atoms with Crippen molar-refractivity contribution in [2.75, 3.05) is 33.5 Å². The lowest BCUT2D eigenvalue weighted by Crippen LogP contribution is -2.36. The maximum Gasteiger partial charge on any atom is 0.499 e. The van der Waals surface area contributed by atoms with E-state index >= 15 is 0 Å². The summed E-state index contributed by atoms with van der Waals surface area (Å²) in [4.78, 5) is 19.5. The molecule has 1 unspecified atom stereocenters. The highest BCUT2D eigenvalue weighted by Gasteiger charge is 2.22. The standard InChI is InChI=1S/C19H26N6O4/c1-10(26)8-23-17(27)16(22-2)15(21)12-7-5-6-11(14(12)20)13-9-24-19(29-4)25-18(13)28-3/h5-7,9-10,22,26H,8,20-21H2,1-4H3,(H,23,27)/p+1/b16-15+. The molecule has 2 rings (SSSR count). The molecule has 0 aliphatic rings. The fourth-order valence-corrected chi connectivity index (χ4v) is 2.70. The molecular weight excluding hydrogens is 376 g/mol. The summed E-state index contributed by atoms with van der Waals surface area (Å²) in [6, 6.07) is 5.55. The van der Waals surface area contributed by atoms with Crippen molar-refractivity contribution in [3.05, 3.63) is 35.7 Å². The number of nitrogens with two attached hydrogens (primary N) is 2. The van der Waals surface area contributed by atoms with E-state index in [2.05, 4.69) is 20.6 Å². The van der Waals surface area contributed by atoms with Gasteiger partial charge < -0.3 is 36.7 Å². The van der Waals surface area contributed by atoms with E-state index in [1.54, 1.807) is 38.4 Å². The van der Waals surface area contributed by atoms with Gasteiger partial charge in [0.15, 0.2) is 0 Å². The summed E-state index contributed by atoms with van der Waals surface area (Å²) >= 11 is 0. The van der Waals surface area contributed by atoms with Crippen molar-refractivity contribution in [3.8, 4) is 23.0 Å². The first-order valence-corrected chi connectivity index (χ1v) is 8.87. The number of likely N-dealkylation sites (N-methyl/N-ethyl adjacent to an activating group) is 1. The van der Waals surface area contributed by atoms with Gasteiger partial charge in [-0.3, -0.25) is 4.79 Å². The van der Waals surface area contributed by atoms with E-state index in [0.717, 1.165) is 0 Å². The fraction of sp³-hybridized carbons (Fsp3) is 0.316. The molecule has 1 aromatic carbocycles. The number of ether oxygens (including phenoxy) is 2. The lowest BCUT2D eigenvalue weighted by atomic mass is 9.99. The van der Waals surface area contributed by atoms with E-state index in [0.29, 0.717) is 28.3 Å². The number of rotatable bonds is 8. The molecule has 1 atom stereocenters. The number of nitrogen functional groups attached to an aromatic ring is 1. The number of amides is 1. The average molecular weight is 403 g/mol. The largest absolute Gasteiger partial charge is 0.499 e. The summed E-state index contributed by atoms with van der Waals surface area (Å²) in [7, 11) is 4.56. The van der Waals surface area contributed by atoms with Crippen LogP contribution in [-0.2, 0) is 4.79 Å². The van der Waals surface area contributed by atoms with Gasteiger partial charge in [-0.25, -0.2) is 4.98 Å². The van der Waals surface area contributed by atoms with Crippen molar-refractivity contribution >= 4 is 17.3 Å². The van der Waals surface area contributed by atoms with Crippen LogP contribution in [-0.4, -0.2) is 49.9 Å². The molecule has 0 spiro atoms. The molecule has 8 N–H and O–H groups in total. The van der Waals surface area contributed by atoms with Gasteiger partial charge in [0.05, 0.1) is 26.0 Å². The molecular formula is C19H27N6O4+. The molecule has 1 heterocycles. The van der Waals surface area contributed by atoms with Gasteiger partial charge in [-0.1, -0.05) is 18.2 Å². The Morgan fingerprint density at radius 2 is 2.03 bits per heavy atom. The van der Waals surface area contributed by atoms with E-state index in [9.17, 15) is 9.90 Å². The minimum absolute atomic E-state index is 0.0946. The van der Waals surface area contributed by atoms with E-state index in [1.165, 1.54) is 14.2 Å². The van der Waals surface area contributed by atoms with Gasteiger partial charge in [0.25, 0.3) is 5.91 Å². The summed E-state index contributed by atoms with van der Waals surface area (Å²) in [5.74, 6) is -0.136. The van der Waals surface area contributed by atoms with Gasteiger partial charge in [0.1, 0.15) is 17.5 Å². The Kier molecular flexibility index (Phi) is 7.21. The second kappa shape index (κ2) is 9.60. The second-order valence-electron chi connectivity index (χ2n) is 6.20. The van der Waals surface area contributed by atoms with Crippen LogP contribution in [0.25, 0.3) is 16.8 Å². The Balaban J connectivity index is 2.53. The summed E-state index contributed by atoms with van der Waals surface area (Å²) in [6.07, 6.45) is 0.979. The van der Waals surface area contributed by atoms with Crippen molar-refractivity contribution in [2.45, 2.75) is 13.0 Å². The number of anilines is 1. The molecule has 1 amide bonds. The van der Waals surface area contributed by atoms with Crippen LogP contribution in [0.1, 0.15) is 12.5 Å². The third kappa shape index (κ3) is 4.85. The van der Waals surface area contributed by atoms with Gasteiger partial charge in [0, 0.05) is 35.4 Å². The number of aliphatic hydroxyl groups excluding tert-OH is 1. The van der Waals surface area contributed by atoms with Crippen LogP contribution in [0.4, 0.5) is 5.69 Å². The lowest BCUT2D eigenvalue weighted by Gasteiger charge is -2.16. The number of nitrogens with one attached hydrogen (secondary N) is 3. The third-order valence-electron chi connectivity index (χ3n) is 4.15. The molecule has 10 heteroatoms. The van der Waals surface area contributed by atoms with Gasteiger partial charge in [-0.15, -0.1) is 0 Å². The van der Waals surface area contributed by atoms with Gasteiger partial charge in [0.2, 0.25) is 0 Å². The van der Waals surface area contributed by atoms with E-state index in [4.69, 9.17) is 20.9 Å². The highest BCUT2D eigenvalue weighted by molar-refractivity contribution is 6.02. The van der Waals surface area contributed by atoms with Crippen molar-refractivity contribution in [2.24, 2.45) is 5.73 Å². The number of aromatic amines is 1. The van der Waals surface area contributed by atoms with E-state index < -0.39 is 12.0 Å². The van der Waals surface area contributed by atoms with Crippen molar-refractivity contribution < 1.29 is 24.4 Å². The van der Waals surface area contributed by atoms with Crippen LogP contribution in [0.15, 0.2) is 30.1 Å². The number of methoxy groups -OCH3 is 2. The van der Waals surface area contributed by atoms with Gasteiger partial charge in [-0.2, -0.15) is 0 Å². The molecule has 2 aromatic rings. The smallest absolute Gasteiger partial charge is 0.462 e. The summed E-state index contributed by atoms with van der Waals surface area (Å²) < 4.78 is 10.4. The highest BCUT2D eigenvalue weighted by atomic mass is 16.5. The molecule has 0 aliphatic carbocycles. The SMILES string of the molecule is CN/C(C(=O)NCC(C)O)=C(/N)c1cccc(-c2c[nH+]c(OC)nc2OC)c1N. The first kappa shape index (κ1) is 21.8. The van der Waals surface area contributed by atoms with Crippen LogP contribution in [0.3, 0.4) is 0 Å². The first-order chi connectivity index (χ1) is 13.8. The van der Waals surface area contributed by atoms with Crippen molar-refractivity contribution in [1.29, 1.82) is 0 Å². The quantitative estimate of drug-likeness (QED) is 0.291. The Hall–Kier alpha value is -3.53. The van der Waals surface area contributed by atoms with Gasteiger partial charge >= 0.3 is 11.9 Å². The summed E-state index contributed by atoms with van der Waals surface area (Å²) in [5.41, 5.74) is 15.0. The molecule has 0 fully saturated rings. The minimum atomic E-state index is -0.682. The maximum absolute atomic E-state index is 12.4. The third-order valence-corrected chi connectivity index (χ3v) is 4.15. The molecule has 0 aliphatic heterocycles. The molecule has 29 heavy (non-hydrogen) atoms. The Morgan fingerprint density at radius 3 is 2.62 bits per heavy atom. The minimum Gasteiger partial charge on any atom is -0.462 e. The van der Waals surface area contributed by atoms with Crippen LogP contribution in [0.5, 0.6) is 11.9 Å². The van der Waals surface area contributed by atoms with E-state index in [1.807, 2.05) is 0 Å². The first-order valence-electron chi connectivity index (χ1n) is 8.87. The zero-order valence-electron chi connectivity index (χ0n) is 16.9. The van der Waals surface area contributed by atoms with Crippen LogP contribution < -0.4 is 36.6 Å². The Bertz CT molecular complexity index is 914. The van der Waals surface area contributed by atoms with Crippen LogP contribution >= 0.6 is 0 Å². The van der Waals surface area contributed by atoms with Crippen molar-refractivity contribution in [3.63, 3.8) is 0 Å². The molecule has 0 saturated carbocycles. The molecule has 0 bridgehead atoms. The lowest BCUT2D eigenvalue weighted by molar-refractivity contribution is -0.397. The number of nitrogens with zero attached hydrogens (tertiary/aromatic N) is 1. The number of para-hydroxylation sites is 1. The Morgan fingerprint density at radius 1 is 1.31 bits per heavy atom. The average Bonchev–Trinajstić information content (AvgIpc) is 2.72. The highest BCUT2D eigenvalue weighted by Crippen LogP contribution is 2.35. The fourth-order valence-electron chi connectivity index (χ4n) is 2.70. The predicted octanol–water partition coefficient (Wildman–Crippen LogP) is -0.494. The molecule has 0 radical (unpaired) electrons. The zero-order valence-corrected chi connectivity index (χ0v) is 16.9. The van der Waals surface area contributed by atoms with Crippen LogP contribution in [0, 0.1) is 0 Å². The zero-order chi connectivity index (χ0) is 21.6. The molecule has 10 nitrogen and oxygen atoms in total. The molecule has 1 aromatic heterocycles. The second-order valence-corrected chi connectivity index (χ2v) is 6.20. The monoisotopic (exact) mass is 403 g/mol. The normalized spacial score (nSPS) is 12.6. The summed E-state index contributed by atoms with van der Waals surface area (Å²) in [5, 5.41) is 14.8. The predicted molar refractivity (Wildman–Crippen MR) is 109 cm³/mol. The Labute approximate surface area is 168 Å². The van der Waals surface area contributed by atoms with E-state index in [-0.39, 0.29) is 23.9 Å². The number of carbonyl (C=O) groups is 1. The number of hydrogen-bond donors (Lipinski definition) is 5. The number of H-pyrrole nitrogens is 1. The number of aromatic nitrogens is 2. The topological polar surface area (TPSA) is 159 Å². The van der Waals surface area contributed by atoms with Gasteiger partial charge in [-0.05, 0) is 6.92 Å². The number of carbonyl (C=O) groups excluding carboxylic acids is 1. The number of benzene rings is 1. The van der Waals surface area contributed by atoms with Crippen LogP contribution in [0.2, 0.25) is 0 Å². The summed E-state index contributed by atoms with van der Waals surface area (Å²) in [6.45, 7) is 1.67. The number of aliphatic hydroxyl groups is 1. The van der Waals surface area contributed by atoms with Crippen molar-refractivity contribution in [1.82, 2.24) is 15.6 Å². The molecule has 156 valence electrons. The molecule has 0 saturated heterocycles.